The number of ether oxygens (including phenoxy) is 1. The molecule has 1 heterocycles. The minimum atomic E-state index is -1.19. The van der Waals surface area contributed by atoms with Crippen LogP contribution < -0.4 is 0 Å². The monoisotopic (exact) mass is 271 g/mol. The molecular formula is C13H21NO3S. The Labute approximate surface area is 111 Å². The SMILES string of the molecule is CCOC(=O)[C@@H]1[C@H]2C=C[C@H](C2)N1[S@@](=O)C(C)(C)C. The van der Waals surface area contributed by atoms with Crippen molar-refractivity contribution < 1.29 is 13.7 Å². The minimum absolute atomic E-state index is 0.115. The fraction of sp³-hybridized carbons (Fsp3) is 0.769. The molecular weight excluding hydrogens is 250 g/mol. The van der Waals surface area contributed by atoms with Crippen molar-refractivity contribution in [2.45, 2.75) is 50.9 Å². The van der Waals surface area contributed by atoms with Crippen LogP contribution in [0.15, 0.2) is 12.2 Å². The molecule has 18 heavy (non-hydrogen) atoms. The predicted molar refractivity (Wildman–Crippen MR) is 71.2 cm³/mol. The number of esters is 1. The molecule has 1 aliphatic heterocycles. The van der Waals surface area contributed by atoms with Crippen LogP contribution in [-0.2, 0) is 20.5 Å². The molecule has 0 spiro atoms. The smallest absolute Gasteiger partial charge is 0.324 e. The molecule has 0 unspecified atom stereocenters. The van der Waals surface area contributed by atoms with Crippen LogP contribution >= 0.6 is 0 Å². The Balaban J connectivity index is 2.25. The van der Waals surface area contributed by atoms with Gasteiger partial charge in [0.25, 0.3) is 0 Å². The van der Waals surface area contributed by atoms with E-state index in [2.05, 4.69) is 12.2 Å². The Morgan fingerprint density at radius 2 is 2.11 bits per heavy atom. The number of rotatable bonds is 3. The predicted octanol–water partition coefficient (Wildman–Crippen LogP) is 1.64. The zero-order chi connectivity index (χ0) is 13.5. The van der Waals surface area contributed by atoms with Crippen molar-refractivity contribution in [1.82, 2.24) is 4.31 Å². The summed E-state index contributed by atoms with van der Waals surface area (Å²) in [5.41, 5.74) is 0. The molecule has 0 saturated carbocycles. The van der Waals surface area contributed by atoms with Crippen molar-refractivity contribution in [2.75, 3.05) is 6.61 Å². The van der Waals surface area contributed by atoms with Gasteiger partial charge >= 0.3 is 5.97 Å². The molecule has 4 nitrogen and oxygen atoms in total. The normalized spacial score (nSPS) is 32.8. The third kappa shape index (κ3) is 2.26. The van der Waals surface area contributed by atoms with Crippen LogP contribution in [0, 0.1) is 5.92 Å². The second-order valence-electron chi connectivity index (χ2n) is 5.77. The molecule has 2 rings (SSSR count). The summed E-state index contributed by atoms with van der Waals surface area (Å²) in [7, 11) is -1.19. The Bertz CT molecular complexity index is 400. The average Bonchev–Trinajstić information content (AvgIpc) is 2.86. The zero-order valence-electron chi connectivity index (χ0n) is 11.4. The first-order valence-electron chi connectivity index (χ1n) is 6.41. The lowest BCUT2D eigenvalue weighted by molar-refractivity contribution is -0.147. The molecule has 0 radical (unpaired) electrons. The minimum Gasteiger partial charge on any atom is -0.465 e. The highest BCUT2D eigenvalue weighted by molar-refractivity contribution is 7.84. The quantitative estimate of drug-likeness (QED) is 0.579. The Hall–Kier alpha value is -0.680. The van der Waals surface area contributed by atoms with E-state index >= 15 is 0 Å². The van der Waals surface area contributed by atoms with Crippen LogP contribution in [0.3, 0.4) is 0 Å². The lowest BCUT2D eigenvalue weighted by Gasteiger charge is -2.34. The fourth-order valence-corrected chi connectivity index (χ4v) is 4.06. The number of carbonyl (C=O) groups is 1. The van der Waals surface area contributed by atoms with E-state index < -0.39 is 11.0 Å². The van der Waals surface area contributed by atoms with E-state index in [1.165, 1.54) is 0 Å². The summed E-state index contributed by atoms with van der Waals surface area (Å²) in [6.07, 6.45) is 5.00. The second-order valence-corrected chi connectivity index (χ2v) is 7.91. The van der Waals surface area contributed by atoms with Gasteiger partial charge in [-0.05, 0) is 34.1 Å². The van der Waals surface area contributed by atoms with E-state index in [4.69, 9.17) is 4.74 Å². The Morgan fingerprint density at radius 3 is 2.67 bits per heavy atom. The summed E-state index contributed by atoms with van der Waals surface area (Å²) < 4.78 is 19.2. The first-order valence-corrected chi connectivity index (χ1v) is 7.52. The van der Waals surface area contributed by atoms with Crippen molar-refractivity contribution >= 4 is 17.0 Å². The molecule has 5 heteroatoms. The van der Waals surface area contributed by atoms with Crippen molar-refractivity contribution in [3.05, 3.63) is 12.2 Å². The average molecular weight is 271 g/mol. The molecule has 0 aromatic heterocycles. The molecule has 0 N–H and O–H groups in total. The number of nitrogens with zero attached hydrogens (tertiary/aromatic N) is 1. The molecule has 102 valence electrons. The summed E-state index contributed by atoms with van der Waals surface area (Å²) >= 11 is 0. The highest BCUT2D eigenvalue weighted by Crippen LogP contribution is 2.40. The number of fused-ring (bicyclic) bond motifs is 2. The lowest BCUT2D eigenvalue weighted by atomic mass is 10.0. The summed E-state index contributed by atoms with van der Waals surface area (Å²) in [4.78, 5) is 12.0. The number of hydrogen-bond donors (Lipinski definition) is 0. The standard InChI is InChI=1S/C13H21NO3S/c1-5-17-12(15)11-9-6-7-10(8-9)14(11)18(16)13(2,3)4/h6-7,9-11H,5,8H2,1-4H3/t9-,10+,11-,18-/m0/s1. The van der Waals surface area contributed by atoms with Crippen LogP contribution in [0.1, 0.15) is 34.1 Å². The van der Waals surface area contributed by atoms with Crippen molar-refractivity contribution in [1.29, 1.82) is 0 Å². The van der Waals surface area contributed by atoms with Crippen LogP contribution in [0.4, 0.5) is 0 Å². The van der Waals surface area contributed by atoms with Gasteiger partial charge in [0.2, 0.25) is 0 Å². The van der Waals surface area contributed by atoms with Crippen molar-refractivity contribution in [2.24, 2.45) is 5.92 Å². The highest BCUT2D eigenvalue weighted by Gasteiger charge is 2.51. The summed E-state index contributed by atoms with van der Waals surface area (Å²) in [6, 6.07) is -0.260. The van der Waals surface area contributed by atoms with Crippen molar-refractivity contribution in [3.63, 3.8) is 0 Å². The van der Waals surface area contributed by atoms with E-state index in [0.29, 0.717) is 6.61 Å². The molecule has 1 saturated heterocycles. The second kappa shape index (κ2) is 4.78. The molecule has 2 bridgehead atoms. The molecule has 0 aromatic rings. The third-order valence-electron chi connectivity index (χ3n) is 3.34. The maximum absolute atomic E-state index is 12.6. The van der Waals surface area contributed by atoms with Crippen LogP contribution in [0.2, 0.25) is 0 Å². The first kappa shape index (κ1) is 13.7. The van der Waals surface area contributed by atoms with Gasteiger partial charge in [-0.15, -0.1) is 0 Å². The number of hydrogen-bond acceptors (Lipinski definition) is 3. The zero-order valence-corrected chi connectivity index (χ0v) is 12.2. The molecule has 0 amide bonds. The fourth-order valence-electron chi connectivity index (χ4n) is 2.57. The van der Waals surface area contributed by atoms with Gasteiger partial charge in [0.15, 0.2) is 0 Å². The summed E-state index contributed by atoms with van der Waals surface area (Å²) in [6.45, 7) is 7.96. The summed E-state index contributed by atoms with van der Waals surface area (Å²) in [5, 5.41) is 0. The molecule has 1 fully saturated rings. The van der Waals surface area contributed by atoms with Gasteiger partial charge in [-0.1, -0.05) is 12.2 Å². The van der Waals surface area contributed by atoms with E-state index in [1.54, 1.807) is 6.92 Å². The molecule has 2 aliphatic rings. The van der Waals surface area contributed by atoms with E-state index in [1.807, 2.05) is 25.1 Å². The topological polar surface area (TPSA) is 46.6 Å². The lowest BCUT2D eigenvalue weighted by Crippen LogP contribution is -2.50. The van der Waals surface area contributed by atoms with Gasteiger partial charge in [0, 0.05) is 12.0 Å². The van der Waals surface area contributed by atoms with Crippen molar-refractivity contribution in [3.8, 4) is 0 Å². The van der Waals surface area contributed by atoms with Gasteiger partial charge < -0.3 is 4.74 Å². The Morgan fingerprint density at radius 1 is 1.44 bits per heavy atom. The van der Waals surface area contributed by atoms with E-state index in [-0.39, 0.29) is 28.7 Å². The maximum Gasteiger partial charge on any atom is 0.324 e. The molecule has 4 atom stereocenters. The largest absolute Gasteiger partial charge is 0.465 e. The highest BCUT2D eigenvalue weighted by atomic mass is 32.2. The van der Waals surface area contributed by atoms with E-state index in [9.17, 15) is 9.00 Å². The van der Waals surface area contributed by atoms with E-state index in [0.717, 1.165) is 6.42 Å². The van der Waals surface area contributed by atoms with Crippen LogP contribution in [-0.4, -0.2) is 37.9 Å². The maximum atomic E-state index is 12.6. The molecule has 0 aromatic carbocycles. The van der Waals surface area contributed by atoms with Gasteiger partial charge in [-0.25, -0.2) is 8.51 Å². The van der Waals surface area contributed by atoms with Gasteiger partial charge in [-0.3, -0.25) is 4.79 Å². The van der Waals surface area contributed by atoms with Gasteiger partial charge in [0.1, 0.15) is 17.0 Å². The Kier molecular flexibility index (Phi) is 3.65. The van der Waals surface area contributed by atoms with Crippen LogP contribution in [0.5, 0.6) is 0 Å². The molecule has 1 aliphatic carbocycles. The van der Waals surface area contributed by atoms with Gasteiger partial charge in [-0.2, -0.15) is 0 Å². The third-order valence-corrected chi connectivity index (χ3v) is 5.27. The summed E-state index contributed by atoms with van der Waals surface area (Å²) in [5.74, 6) is -0.0905. The first-order chi connectivity index (χ1) is 8.36. The van der Waals surface area contributed by atoms with Crippen LogP contribution in [0.25, 0.3) is 0 Å². The number of carbonyl (C=O) groups excluding carboxylic acids is 1. The van der Waals surface area contributed by atoms with Gasteiger partial charge in [0.05, 0.1) is 11.4 Å².